The number of benzene rings is 1. The number of nitrogens with one attached hydrogen (secondary N) is 1. The average molecular weight is 290 g/mol. The van der Waals surface area contributed by atoms with Gasteiger partial charge < -0.3 is 10.1 Å². The van der Waals surface area contributed by atoms with Gasteiger partial charge in [-0.2, -0.15) is 5.10 Å². The molecule has 2 rings (SSSR count). The van der Waals surface area contributed by atoms with Gasteiger partial charge in [-0.1, -0.05) is 12.1 Å². The lowest BCUT2D eigenvalue weighted by Crippen LogP contribution is -2.10. The summed E-state index contributed by atoms with van der Waals surface area (Å²) in [6.45, 7) is 2.22. The highest BCUT2D eigenvalue weighted by atomic mass is 16.6. The van der Waals surface area contributed by atoms with Gasteiger partial charge >= 0.3 is 5.69 Å². The molecule has 1 N–H and O–H groups in total. The number of nitrogens with zero attached hydrogens (tertiary/aromatic N) is 3. The van der Waals surface area contributed by atoms with Crippen LogP contribution in [0.25, 0.3) is 0 Å². The van der Waals surface area contributed by atoms with Gasteiger partial charge in [-0.3, -0.25) is 10.1 Å². The fourth-order valence-corrected chi connectivity index (χ4v) is 2.18. The minimum Gasteiger partial charge on any atom is -0.497 e. The second-order valence-corrected chi connectivity index (χ2v) is 4.69. The van der Waals surface area contributed by atoms with Crippen LogP contribution in [0.3, 0.4) is 0 Å². The molecule has 1 aromatic heterocycles. The smallest absolute Gasteiger partial charge is 0.333 e. The molecule has 0 aliphatic heterocycles. The van der Waals surface area contributed by atoms with Gasteiger partial charge in [0.2, 0.25) is 5.82 Å². The number of nitro groups is 1. The van der Waals surface area contributed by atoms with Crippen LogP contribution in [0, 0.1) is 17.0 Å². The van der Waals surface area contributed by atoms with Crippen molar-refractivity contribution in [3.63, 3.8) is 0 Å². The first-order valence-electron chi connectivity index (χ1n) is 6.57. The van der Waals surface area contributed by atoms with E-state index in [-0.39, 0.29) is 5.69 Å². The summed E-state index contributed by atoms with van der Waals surface area (Å²) < 4.78 is 6.60. The molecule has 7 heteroatoms. The third-order valence-corrected chi connectivity index (χ3v) is 3.24. The van der Waals surface area contributed by atoms with Crippen molar-refractivity contribution in [2.24, 2.45) is 7.05 Å². The predicted octanol–water partition coefficient (Wildman–Crippen LogP) is 2.30. The summed E-state index contributed by atoms with van der Waals surface area (Å²) in [5, 5.41) is 18.2. The van der Waals surface area contributed by atoms with Gasteiger partial charge in [0.15, 0.2) is 0 Å². The number of methoxy groups -OCH3 is 1. The van der Waals surface area contributed by atoms with E-state index in [4.69, 9.17) is 4.74 Å². The number of ether oxygens (including phenoxy) is 1. The molecule has 7 nitrogen and oxygen atoms in total. The molecular weight excluding hydrogens is 272 g/mol. The average Bonchev–Trinajstić information content (AvgIpc) is 2.74. The molecule has 0 atom stereocenters. The molecule has 0 bridgehead atoms. The van der Waals surface area contributed by atoms with E-state index in [1.54, 1.807) is 21.1 Å². The fraction of sp³-hybridized carbons (Fsp3) is 0.357. The molecule has 0 amide bonds. The zero-order valence-corrected chi connectivity index (χ0v) is 12.3. The van der Waals surface area contributed by atoms with E-state index in [1.165, 1.54) is 4.68 Å². The molecule has 0 spiro atoms. The van der Waals surface area contributed by atoms with Crippen molar-refractivity contribution >= 4 is 11.5 Å². The maximum Gasteiger partial charge on any atom is 0.333 e. The summed E-state index contributed by atoms with van der Waals surface area (Å²) in [5.74, 6) is 1.25. The van der Waals surface area contributed by atoms with Crippen LogP contribution in [0.5, 0.6) is 5.75 Å². The van der Waals surface area contributed by atoms with Crippen LogP contribution < -0.4 is 10.1 Å². The molecule has 1 heterocycles. The molecule has 1 aromatic carbocycles. The van der Waals surface area contributed by atoms with Crippen LogP contribution in [0.4, 0.5) is 11.5 Å². The summed E-state index contributed by atoms with van der Waals surface area (Å²) in [5.41, 5.74) is 1.58. The zero-order valence-electron chi connectivity index (χ0n) is 12.3. The van der Waals surface area contributed by atoms with Crippen molar-refractivity contribution in [1.29, 1.82) is 0 Å². The van der Waals surface area contributed by atoms with Crippen molar-refractivity contribution in [2.45, 2.75) is 13.3 Å². The van der Waals surface area contributed by atoms with Gasteiger partial charge in [-0.05, 0) is 31.0 Å². The Hall–Kier alpha value is -2.57. The standard InChI is InChI=1S/C14H18N4O3/c1-10-13(18(19)20)14(17(2)16-10)15-9-8-11-4-6-12(21-3)7-5-11/h4-7,15H,8-9H2,1-3H3. The lowest BCUT2D eigenvalue weighted by molar-refractivity contribution is -0.384. The Morgan fingerprint density at radius 2 is 2.05 bits per heavy atom. The van der Waals surface area contributed by atoms with Crippen LogP contribution in [0.1, 0.15) is 11.3 Å². The van der Waals surface area contributed by atoms with E-state index in [0.717, 1.165) is 17.7 Å². The lowest BCUT2D eigenvalue weighted by atomic mass is 10.1. The van der Waals surface area contributed by atoms with Crippen LogP contribution in [-0.4, -0.2) is 28.4 Å². The largest absolute Gasteiger partial charge is 0.497 e. The molecule has 21 heavy (non-hydrogen) atoms. The first-order valence-corrected chi connectivity index (χ1v) is 6.57. The number of rotatable bonds is 6. The molecule has 0 saturated carbocycles. The quantitative estimate of drug-likeness (QED) is 0.652. The second-order valence-electron chi connectivity index (χ2n) is 4.69. The van der Waals surface area contributed by atoms with Crippen LogP contribution in [-0.2, 0) is 13.5 Å². The van der Waals surface area contributed by atoms with Crippen molar-refractivity contribution in [1.82, 2.24) is 9.78 Å². The molecule has 0 unspecified atom stereocenters. The first-order chi connectivity index (χ1) is 10.0. The van der Waals surface area contributed by atoms with E-state index in [9.17, 15) is 10.1 Å². The van der Waals surface area contributed by atoms with Crippen LogP contribution in [0.2, 0.25) is 0 Å². The number of hydrogen-bond donors (Lipinski definition) is 1. The van der Waals surface area contributed by atoms with E-state index < -0.39 is 4.92 Å². The predicted molar refractivity (Wildman–Crippen MR) is 79.8 cm³/mol. The summed E-state index contributed by atoms with van der Waals surface area (Å²) in [6, 6.07) is 7.74. The van der Waals surface area contributed by atoms with Gasteiger partial charge in [0, 0.05) is 13.6 Å². The zero-order chi connectivity index (χ0) is 15.4. The summed E-state index contributed by atoms with van der Waals surface area (Å²) >= 11 is 0. The SMILES string of the molecule is COc1ccc(CCNc2c([N+](=O)[O-])c(C)nn2C)cc1. The summed E-state index contributed by atoms with van der Waals surface area (Å²) in [4.78, 5) is 10.7. The minimum atomic E-state index is -0.405. The maximum atomic E-state index is 11.1. The highest BCUT2D eigenvalue weighted by molar-refractivity contribution is 5.59. The van der Waals surface area contributed by atoms with Gasteiger partial charge in [-0.15, -0.1) is 0 Å². The molecule has 0 radical (unpaired) electrons. The van der Waals surface area contributed by atoms with E-state index >= 15 is 0 Å². The van der Waals surface area contributed by atoms with Gasteiger partial charge in [0.25, 0.3) is 0 Å². The maximum absolute atomic E-state index is 11.1. The Kier molecular flexibility index (Phi) is 4.42. The minimum absolute atomic E-state index is 0.0345. The summed E-state index contributed by atoms with van der Waals surface area (Å²) in [6.07, 6.45) is 0.755. The van der Waals surface area contributed by atoms with Crippen molar-refractivity contribution in [3.8, 4) is 5.75 Å². The summed E-state index contributed by atoms with van der Waals surface area (Å²) in [7, 11) is 3.32. The van der Waals surface area contributed by atoms with E-state index in [2.05, 4.69) is 10.4 Å². The highest BCUT2D eigenvalue weighted by Crippen LogP contribution is 2.27. The Bertz CT molecular complexity index is 634. The fourth-order valence-electron chi connectivity index (χ4n) is 2.18. The van der Waals surface area contributed by atoms with Crippen molar-refractivity contribution in [2.75, 3.05) is 19.0 Å². The molecule has 2 aromatic rings. The number of hydrogen-bond acceptors (Lipinski definition) is 5. The van der Waals surface area contributed by atoms with Gasteiger partial charge in [-0.25, -0.2) is 4.68 Å². The third-order valence-electron chi connectivity index (χ3n) is 3.24. The number of aromatic nitrogens is 2. The second kappa shape index (κ2) is 6.25. The Labute approximate surface area is 122 Å². The highest BCUT2D eigenvalue weighted by Gasteiger charge is 2.23. The first kappa shape index (κ1) is 14.8. The molecule has 112 valence electrons. The Morgan fingerprint density at radius 3 is 2.62 bits per heavy atom. The van der Waals surface area contributed by atoms with E-state index in [0.29, 0.717) is 18.1 Å². The van der Waals surface area contributed by atoms with Crippen LogP contribution in [0.15, 0.2) is 24.3 Å². The molecule has 0 saturated heterocycles. The lowest BCUT2D eigenvalue weighted by Gasteiger charge is -2.07. The van der Waals surface area contributed by atoms with Crippen molar-refractivity contribution in [3.05, 3.63) is 45.6 Å². The topological polar surface area (TPSA) is 82.2 Å². The van der Waals surface area contributed by atoms with E-state index in [1.807, 2.05) is 24.3 Å². The number of aryl methyl sites for hydroxylation is 2. The molecular formula is C14H18N4O3. The van der Waals surface area contributed by atoms with Gasteiger partial charge in [0.1, 0.15) is 11.4 Å². The molecule has 0 fully saturated rings. The van der Waals surface area contributed by atoms with Gasteiger partial charge in [0.05, 0.1) is 12.0 Å². The monoisotopic (exact) mass is 290 g/mol. The third kappa shape index (κ3) is 3.31. The molecule has 0 aliphatic rings. The Balaban J connectivity index is 2.01. The van der Waals surface area contributed by atoms with Crippen LogP contribution >= 0.6 is 0 Å². The Morgan fingerprint density at radius 1 is 1.38 bits per heavy atom. The molecule has 0 aliphatic carbocycles. The number of anilines is 1. The van der Waals surface area contributed by atoms with Crippen molar-refractivity contribution < 1.29 is 9.66 Å². The normalized spacial score (nSPS) is 10.4.